The molecule has 2 rings (SSSR count). The maximum absolute atomic E-state index is 12.9. The lowest BCUT2D eigenvalue weighted by molar-refractivity contribution is 0.0317. The van der Waals surface area contributed by atoms with Gasteiger partial charge in [0.05, 0.1) is 11.3 Å². The lowest BCUT2D eigenvalue weighted by atomic mass is 10.0. The van der Waals surface area contributed by atoms with Gasteiger partial charge < -0.3 is 9.72 Å². The molecule has 0 saturated carbocycles. The number of esters is 1. The van der Waals surface area contributed by atoms with Crippen LogP contribution in [0.2, 0.25) is 0 Å². The molecule has 1 atom stereocenters. The van der Waals surface area contributed by atoms with Crippen LogP contribution in [0.5, 0.6) is 0 Å². The van der Waals surface area contributed by atoms with Gasteiger partial charge in [-0.25, -0.2) is 9.18 Å². The molecule has 0 radical (unpaired) electrons. The van der Waals surface area contributed by atoms with Crippen molar-refractivity contribution in [3.8, 4) is 0 Å². The summed E-state index contributed by atoms with van der Waals surface area (Å²) < 4.78 is 18.0. The summed E-state index contributed by atoms with van der Waals surface area (Å²) in [6, 6.07) is 4.85. The van der Waals surface area contributed by atoms with Gasteiger partial charge in [-0.05, 0) is 57.5 Å². The minimum atomic E-state index is -1.04. The van der Waals surface area contributed by atoms with E-state index in [4.69, 9.17) is 4.74 Å². The number of aromatic amines is 1. The highest BCUT2D eigenvalue weighted by atomic mass is 19.1. The molecule has 24 heavy (non-hydrogen) atoms. The molecule has 1 aromatic carbocycles. The Morgan fingerprint density at radius 3 is 2.21 bits per heavy atom. The predicted octanol–water partition coefficient (Wildman–Crippen LogP) is 3.40. The molecule has 0 bridgehead atoms. The molecule has 5 nitrogen and oxygen atoms in total. The zero-order chi connectivity index (χ0) is 18.0. The molecule has 0 aliphatic rings. The van der Waals surface area contributed by atoms with E-state index in [9.17, 15) is 18.8 Å². The molecule has 1 aromatic heterocycles. The minimum absolute atomic E-state index is 0.142. The van der Waals surface area contributed by atoms with Crippen LogP contribution in [-0.4, -0.2) is 28.6 Å². The van der Waals surface area contributed by atoms with E-state index in [1.165, 1.54) is 26.0 Å². The molecular formula is C18H18FNO4. The number of nitrogens with one attached hydrogen (secondary N) is 1. The fourth-order valence-corrected chi connectivity index (χ4v) is 2.60. The van der Waals surface area contributed by atoms with Gasteiger partial charge in [-0.2, -0.15) is 0 Å². The molecule has 6 heteroatoms. The van der Waals surface area contributed by atoms with Crippen molar-refractivity contribution in [2.24, 2.45) is 0 Å². The van der Waals surface area contributed by atoms with Crippen molar-refractivity contribution in [3.05, 3.63) is 58.2 Å². The Kier molecular flexibility index (Phi) is 4.97. The number of aryl methyl sites for hydroxylation is 1. The lowest BCUT2D eigenvalue weighted by Crippen LogP contribution is -2.25. The van der Waals surface area contributed by atoms with Gasteiger partial charge in [0.25, 0.3) is 0 Å². The van der Waals surface area contributed by atoms with E-state index in [-0.39, 0.29) is 17.0 Å². The van der Waals surface area contributed by atoms with E-state index in [0.717, 1.165) is 12.1 Å². The molecule has 0 spiro atoms. The highest BCUT2D eigenvalue weighted by Gasteiger charge is 2.26. The number of Topliss-reactive ketones (excluding diaryl/α,β-unsaturated/α-hetero) is 2. The predicted molar refractivity (Wildman–Crippen MR) is 85.9 cm³/mol. The van der Waals surface area contributed by atoms with Crippen LogP contribution in [0.25, 0.3) is 0 Å². The van der Waals surface area contributed by atoms with Gasteiger partial charge in [-0.15, -0.1) is 0 Å². The van der Waals surface area contributed by atoms with Crippen LogP contribution in [0.3, 0.4) is 0 Å². The average molecular weight is 331 g/mol. The third-order valence-electron chi connectivity index (χ3n) is 3.77. The molecule has 1 heterocycles. The molecule has 0 fully saturated rings. The maximum Gasteiger partial charge on any atom is 0.338 e. The van der Waals surface area contributed by atoms with Crippen molar-refractivity contribution >= 4 is 17.5 Å². The van der Waals surface area contributed by atoms with E-state index in [0.29, 0.717) is 16.8 Å². The monoisotopic (exact) mass is 331 g/mol. The molecule has 0 aliphatic carbocycles. The van der Waals surface area contributed by atoms with Crippen LogP contribution >= 0.6 is 0 Å². The normalized spacial score (nSPS) is 11.9. The Morgan fingerprint density at radius 1 is 1.12 bits per heavy atom. The average Bonchev–Trinajstić information content (AvgIpc) is 2.81. The minimum Gasteiger partial charge on any atom is -0.451 e. The zero-order valence-electron chi connectivity index (χ0n) is 13.9. The van der Waals surface area contributed by atoms with Crippen LogP contribution in [0.1, 0.15) is 56.3 Å². The first-order valence-corrected chi connectivity index (χ1v) is 7.43. The van der Waals surface area contributed by atoms with Gasteiger partial charge in [-0.1, -0.05) is 0 Å². The van der Waals surface area contributed by atoms with Gasteiger partial charge in [-0.3, -0.25) is 9.59 Å². The summed E-state index contributed by atoms with van der Waals surface area (Å²) in [5.41, 5.74) is 2.00. The van der Waals surface area contributed by atoms with Gasteiger partial charge in [0.2, 0.25) is 5.78 Å². The van der Waals surface area contributed by atoms with E-state index in [1.807, 2.05) is 0 Å². The van der Waals surface area contributed by atoms with Crippen molar-refractivity contribution in [1.29, 1.82) is 0 Å². The third kappa shape index (κ3) is 3.42. The third-order valence-corrected chi connectivity index (χ3v) is 3.77. The second-order valence-corrected chi connectivity index (χ2v) is 5.60. The summed E-state index contributed by atoms with van der Waals surface area (Å²) >= 11 is 0. The number of carbonyl (C=O) groups excluding carboxylic acids is 3. The van der Waals surface area contributed by atoms with Crippen molar-refractivity contribution in [2.45, 2.75) is 33.8 Å². The van der Waals surface area contributed by atoms with E-state index >= 15 is 0 Å². The highest BCUT2D eigenvalue weighted by Crippen LogP contribution is 2.20. The van der Waals surface area contributed by atoms with Crippen LogP contribution in [0.15, 0.2) is 24.3 Å². The molecule has 0 saturated heterocycles. The van der Waals surface area contributed by atoms with Gasteiger partial charge in [0.15, 0.2) is 11.9 Å². The lowest BCUT2D eigenvalue weighted by Gasteiger charge is -2.12. The van der Waals surface area contributed by atoms with Gasteiger partial charge in [0.1, 0.15) is 5.82 Å². The topological polar surface area (TPSA) is 76.2 Å². The highest BCUT2D eigenvalue weighted by molar-refractivity contribution is 6.05. The number of ketones is 2. The first-order valence-electron chi connectivity index (χ1n) is 7.43. The van der Waals surface area contributed by atoms with E-state index < -0.39 is 23.7 Å². The van der Waals surface area contributed by atoms with E-state index in [2.05, 4.69) is 4.98 Å². The van der Waals surface area contributed by atoms with E-state index in [1.54, 1.807) is 13.8 Å². The maximum atomic E-state index is 12.9. The Hall–Kier alpha value is -2.76. The molecule has 0 aliphatic heterocycles. The fourth-order valence-electron chi connectivity index (χ4n) is 2.60. The van der Waals surface area contributed by atoms with Crippen molar-refractivity contribution in [3.63, 3.8) is 0 Å². The number of H-pyrrole nitrogens is 1. The van der Waals surface area contributed by atoms with Crippen LogP contribution in [-0.2, 0) is 4.74 Å². The van der Waals surface area contributed by atoms with Crippen molar-refractivity contribution in [1.82, 2.24) is 4.98 Å². The van der Waals surface area contributed by atoms with Gasteiger partial charge >= 0.3 is 5.97 Å². The molecular weight excluding hydrogens is 313 g/mol. The summed E-state index contributed by atoms with van der Waals surface area (Å²) in [7, 11) is 0. The standard InChI is InChI=1S/C18H18FNO4/c1-9-15(11(3)21)10(2)20-16(9)17(22)12(4)24-18(23)13-5-7-14(19)8-6-13/h5-8,12,20H,1-4H3/t12-/m1/s1. The van der Waals surface area contributed by atoms with Gasteiger partial charge in [0, 0.05) is 11.3 Å². The SMILES string of the molecule is CC(=O)c1c(C)[nH]c(C(=O)[C@@H](C)OC(=O)c2ccc(F)cc2)c1C. The molecule has 0 unspecified atom stereocenters. The van der Waals surface area contributed by atoms with Crippen molar-refractivity contribution in [2.75, 3.05) is 0 Å². The largest absolute Gasteiger partial charge is 0.451 e. The first kappa shape index (κ1) is 17.6. The number of aromatic nitrogens is 1. The quantitative estimate of drug-likeness (QED) is 0.673. The second-order valence-electron chi connectivity index (χ2n) is 5.60. The summed E-state index contributed by atoms with van der Waals surface area (Å²) in [4.78, 5) is 39.0. The number of hydrogen-bond acceptors (Lipinski definition) is 4. The second kappa shape index (κ2) is 6.78. The smallest absolute Gasteiger partial charge is 0.338 e. The first-order chi connectivity index (χ1) is 11.2. The molecule has 126 valence electrons. The Bertz CT molecular complexity index is 805. The number of rotatable bonds is 5. The molecule has 0 amide bonds. The van der Waals surface area contributed by atoms with Crippen LogP contribution < -0.4 is 0 Å². The summed E-state index contributed by atoms with van der Waals surface area (Å²) in [6.07, 6.45) is -1.04. The number of benzene rings is 1. The number of halogens is 1. The zero-order valence-corrected chi connectivity index (χ0v) is 13.9. The Morgan fingerprint density at radius 2 is 1.71 bits per heavy atom. The summed E-state index contributed by atoms with van der Waals surface area (Å²) in [5.74, 6) is -1.76. The van der Waals surface area contributed by atoms with Crippen molar-refractivity contribution < 1.29 is 23.5 Å². The summed E-state index contributed by atoms with van der Waals surface area (Å²) in [6.45, 7) is 6.25. The Balaban J connectivity index is 2.18. The Labute approximate surface area is 138 Å². The van der Waals surface area contributed by atoms with Crippen LogP contribution in [0, 0.1) is 19.7 Å². The number of ether oxygens (including phenoxy) is 1. The number of hydrogen-bond donors (Lipinski definition) is 1. The number of carbonyl (C=O) groups is 3. The molecule has 2 aromatic rings. The fraction of sp³-hybridized carbons (Fsp3) is 0.278. The molecule has 1 N–H and O–H groups in total. The summed E-state index contributed by atoms with van der Waals surface area (Å²) in [5, 5.41) is 0. The van der Waals surface area contributed by atoms with Crippen LogP contribution in [0.4, 0.5) is 4.39 Å².